The van der Waals surface area contributed by atoms with Crippen LogP contribution >= 0.6 is 11.6 Å². The monoisotopic (exact) mass is 585 g/mol. The third-order valence-electron chi connectivity index (χ3n) is 7.72. The van der Waals surface area contributed by atoms with Crippen LogP contribution in [0.25, 0.3) is 0 Å². The van der Waals surface area contributed by atoms with Crippen LogP contribution < -0.4 is 4.74 Å². The average Bonchev–Trinajstić information content (AvgIpc) is 3.30. The first-order valence-corrected chi connectivity index (χ1v) is 14.4. The summed E-state index contributed by atoms with van der Waals surface area (Å²) in [4.78, 5) is 26.9. The zero-order chi connectivity index (χ0) is 29.7. The molecule has 0 spiro atoms. The van der Waals surface area contributed by atoms with Gasteiger partial charge in [-0.05, 0) is 52.9 Å². The van der Waals surface area contributed by atoms with Gasteiger partial charge >= 0.3 is 5.97 Å². The van der Waals surface area contributed by atoms with Gasteiger partial charge in [-0.3, -0.25) is 9.59 Å². The van der Waals surface area contributed by atoms with Crippen LogP contribution in [0.4, 0.5) is 4.39 Å². The van der Waals surface area contributed by atoms with Gasteiger partial charge in [-0.1, -0.05) is 90.5 Å². The molecule has 1 N–H and O–H groups in total. The number of fused-ring (bicyclic) bond motifs is 1. The molecule has 0 radical (unpaired) electrons. The second kappa shape index (κ2) is 12.8. The standard InChI is InChI=1S/C35H33ClFNO4/c1-35(21-25-12-14-30(36)31(37)19-25)22-28-18-24(13-15-32(28)42-35)20-33(39)38(17-16-34(40)41)23-29(26-8-4-2-5-9-26)27-10-6-3-7-11-27/h2-15,18-19,29H,16-17,20-23H2,1H3,(H,40,41)/t35-/m1/s1. The van der Waals surface area contributed by atoms with Crippen LogP contribution in [0.2, 0.25) is 5.02 Å². The number of aliphatic carboxylic acids is 1. The Hall–Kier alpha value is -4.16. The van der Waals surface area contributed by atoms with Crippen molar-refractivity contribution < 1.29 is 23.8 Å². The van der Waals surface area contributed by atoms with E-state index in [1.165, 1.54) is 6.07 Å². The highest BCUT2D eigenvalue weighted by Gasteiger charge is 2.35. The minimum atomic E-state index is -0.946. The predicted molar refractivity (Wildman–Crippen MR) is 162 cm³/mol. The number of carbonyl (C=O) groups excluding carboxylic acids is 1. The van der Waals surface area contributed by atoms with Gasteiger partial charge in [-0.15, -0.1) is 0 Å². The van der Waals surface area contributed by atoms with Crippen molar-refractivity contribution in [2.75, 3.05) is 13.1 Å². The van der Waals surface area contributed by atoms with Crippen LogP contribution in [0.5, 0.6) is 5.75 Å². The highest BCUT2D eigenvalue weighted by molar-refractivity contribution is 6.30. The second-order valence-corrected chi connectivity index (χ2v) is 11.5. The van der Waals surface area contributed by atoms with Crippen molar-refractivity contribution in [2.24, 2.45) is 0 Å². The Bertz CT molecular complexity index is 1520. The van der Waals surface area contributed by atoms with E-state index in [2.05, 4.69) is 0 Å². The van der Waals surface area contributed by atoms with Gasteiger partial charge in [0, 0.05) is 31.8 Å². The summed E-state index contributed by atoms with van der Waals surface area (Å²) in [5.74, 6) is -0.885. The van der Waals surface area contributed by atoms with E-state index in [4.69, 9.17) is 16.3 Å². The zero-order valence-corrected chi connectivity index (χ0v) is 24.2. The number of rotatable bonds is 11. The minimum Gasteiger partial charge on any atom is -0.487 e. The maximum absolute atomic E-state index is 14.0. The number of amides is 1. The summed E-state index contributed by atoms with van der Waals surface area (Å²) >= 11 is 5.85. The molecule has 0 aliphatic carbocycles. The van der Waals surface area contributed by atoms with E-state index in [1.54, 1.807) is 17.0 Å². The molecule has 0 fully saturated rings. The Kier molecular flexibility index (Phi) is 8.93. The van der Waals surface area contributed by atoms with E-state index in [1.807, 2.05) is 85.8 Å². The summed E-state index contributed by atoms with van der Waals surface area (Å²) in [6, 6.07) is 30.5. The molecule has 1 heterocycles. The molecule has 0 bridgehead atoms. The van der Waals surface area contributed by atoms with Crippen molar-refractivity contribution in [1.82, 2.24) is 4.90 Å². The lowest BCUT2D eigenvalue weighted by atomic mass is 9.90. The van der Waals surface area contributed by atoms with Gasteiger partial charge in [0.15, 0.2) is 0 Å². The molecule has 216 valence electrons. The number of halogens is 2. The Labute approximate surface area is 250 Å². The number of ether oxygens (including phenoxy) is 1. The first kappa shape index (κ1) is 29.3. The first-order chi connectivity index (χ1) is 20.2. The van der Waals surface area contributed by atoms with E-state index < -0.39 is 17.4 Å². The van der Waals surface area contributed by atoms with E-state index >= 15 is 0 Å². The van der Waals surface area contributed by atoms with Gasteiger partial charge in [0.25, 0.3) is 0 Å². The fraction of sp³-hybridized carbons (Fsp3) is 0.257. The third-order valence-corrected chi connectivity index (χ3v) is 8.02. The van der Waals surface area contributed by atoms with Gasteiger partial charge in [-0.25, -0.2) is 4.39 Å². The average molecular weight is 586 g/mol. The molecule has 42 heavy (non-hydrogen) atoms. The summed E-state index contributed by atoms with van der Waals surface area (Å²) in [6.07, 6.45) is 1.13. The van der Waals surface area contributed by atoms with Gasteiger partial charge < -0.3 is 14.7 Å². The molecule has 0 unspecified atom stereocenters. The molecular weight excluding hydrogens is 553 g/mol. The molecule has 1 atom stereocenters. The fourth-order valence-electron chi connectivity index (χ4n) is 5.69. The van der Waals surface area contributed by atoms with Crippen LogP contribution in [-0.4, -0.2) is 40.6 Å². The van der Waals surface area contributed by atoms with Crippen LogP contribution in [0, 0.1) is 5.82 Å². The molecule has 4 aromatic carbocycles. The lowest BCUT2D eigenvalue weighted by Gasteiger charge is -2.28. The Balaban J connectivity index is 1.33. The highest BCUT2D eigenvalue weighted by atomic mass is 35.5. The van der Waals surface area contributed by atoms with Crippen molar-refractivity contribution in [3.8, 4) is 5.75 Å². The number of carboxylic acids is 1. The summed E-state index contributed by atoms with van der Waals surface area (Å²) in [5, 5.41) is 9.50. The van der Waals surface area contributed by atoms with Crippen molar-refractivity contribution in [3.05, 3.63) is 136 Å². The predicted octanol–water partition coefficient (Wildman–Crippen LogP) is 7.09. The summed E-state index contributed by atoms with van der Waals surface area (Å²) in [6.45, 7) is 2.48. The van der Waals surface area contributed by atoms with Crippen molar-refractivity contribution in [3.63, 3.8) is 0 Å². The Morgan fingerprint density at radius 2 is 1.60 bits per heavy atom. The molecular formula is C35H33ClFNO4. The summed E-state index contributed by atoms with van der Waals surface area (Å²) in [7, 11) is 0. The van der Waals surface area contributed by atoms with Crippen LogP contribution in [0.1, 0.15) is 47.1 Å². The van der Waals surface area contributed by atoms with Gasteiger partial charge in [0.1, 0.15) is 17.2 Å². The van der Waals surface area contributed by atoms with E-state index in [0.717, 1.165) is 33.6 Å². The quantitative estimate of drug-likeness (QED) is 0.204. The van der Waals surface area contributed by atoms with E-state index in [-0.39, 0.29) is 36.2 Å². The van der Waals surface area contributed by atoms with Crippen LogP contribution in [0.15, 0.2) is 97.1 Å². The number of carbonyl (C=O) groups is 2. The van der Waals surface area contributed by atoms with Crippen LogP contribution in [-0.2, 0) is 28.9 Å². The zero-order valence-electron chi connectivity index (χ0n) is 23.4. The van der Waals surface area contributed by atoms with E-state index in [0.29, 0.717) is 19.4 Å². The molecule has 4 aromatic rings. The van der Waals surface area contributed by atoms with Gasteiger partial charge in [-0.2, -0.15) is 0 Å². The lowest BCUT2D eigenvalue weighted by molar-refractivity contribution is -0.138. The molecule has 5 rings (SSSR count). The summed E-state index contributed by atoms with van der Waals surface area (Å²) in [5.41, 5.74) is 4.18. The SMILES string of the molecule is C[C@@]1(Cc2ccc(Cl)c(F)c2)Cc2cc(CC(=O)N(CCC(=O)O)CC(c3ccccc3)c3ccccc3)ccc2O1. The van der Waals surface area contributed by atoms with Crippen molar-refractivity contribution >= 4 is 23.5 Å². The lowest BCUT2D eigenvalue weighted by Crippen LogP contribution is -2.37. The smallest absolute Gasteiger partial charge is 0.305 e. The molecule has 7 heteroatoms. The van der Waals surface area contributed by atoms with Crippen LogP contribution in [0.3, 0.4) is 0 Å². The molecule has 1 aliphatic rings. The molecule has 0 saturated heterocycles. The maximum atomic E-state index is 14.0. The molecule has 0 aromatic heterocycles. The van der Waals surface area contributed by atoms with Crippen molar-refractivity contribution in [2.45, 2.75) is 44.1 Å². The number of hydrogen-bond acceptors (Lipinski definition) is 3. The van der Waals surface area contributed by atoms with Gasteiger partial charge in [0.2, 0.25) is 5.91 Å². The number of benzene rings is 4. The highest BCUT2D eigenvalue weighted by Crippen LogP contribution is 2.38. The van der Waals surface area contributed by atoms with E-state index in [9.17, 15) is 19.1 Å². The normalized spacial score (nSPS) is 15.7. The third kappa shape index (κ3) is 7.18. The molecule has 1 aliphatic heterocycles. The number of carboxylic acid groups (broad SMARTS) is 1. The molecule has 0 saturated carbocycles. The Morgan fingerprint density at radius 1 is 0.952 bits per heavy atom. The second-order valence-electron chi connectivity index (χ2n) is 11.1. The van der Waals surface area contributed by atoms with Crippen molar-refractivity contribution in [1.29, 1.82) is 0 Å². The number of nitrogens with zero attached hydrogens (tertiary/aromatic N) is 1. The minimum absolute atomic E-state index is 0.0881. The molecule has 1 amide bonds. The fourth-order valence-corrected chi connectivity index (χ4v) is 5.81. The largest absolute Gasteiger partial charge is 0.487 e. The Morgan fingerprint density at radius 3 is 2.21 bits per heavy atom. The molecule has 5 nitrogen and oxygen atoms in total. The topological polar surface area (TPSA) is 66.8 Å². The first-order valence-electron chi connectivity index (χ1n) is 14.0. The van der Waals surface area contributed by atoms with Gasteiger partial charge in [0.05, 0.1) is 17.9 Å². The number of hydrogen-bond donors (Lipinski definition) is 1. The summed E-state index contributed by atoms with van der Waals surface area (Å²) < 4.78 is 20.3. The maximum Gasteiger partial charge on any atom is 0.305 e.